The Morgan fingerprint density at radius 3 is 2.56 bits per heavy atom. The predicted molar refractivity (Wildman–Crippen MR) is 103 cm³/mol. The van der Waals surface area contributed by atoms with Gasteiger partial charge in [0.1, 0.15) is 6.10 Å². The van der Waals surface area contributed by atoms with Crippen molar-refractivity contribution >= 4 is 29.7 Å². The molecule has 2 rings (SSSR count). The van der Waals surface area contributed by atoms with Gasteiger partial charge < -0.3 is 15.5 Å². The van der Waals surface area contributed by atoms with Crippen LogP contribution in [0.25, 0.3) is 0 Å². The van der Waals surface area contributed by atoms with Crippen LogP contribution >= 0.6 is 0 Å². The molecule has 1 saturated heterocycles. The van der Waals surface area contributed by atoms with Crippen molar-refractivity contribution in [2.24, 2.45) is 5.10 Å². The van der Waals surface area contributed by atoms with E-state index >= 15 is 0 Å². The molecular formula is C19H24N4O4. The Morgan fingerprint density at radius 1 is 1.37 bits per heavy atom. The molecule has 1 aliphatic heterocycles. The quantitative estimate of drug-likeness (QED) is 0.328. The summed E-state index contributed by atoms with van der Waals surface area (Å²) >= 11 is 0. The van der Waals surface area contributed by atoms with Gasteiger partial charge in [-0.2, -0.15) is 5.10 Å². The molecule has 2 N–H and O–H groups in total. The summed E-state index contributed by atoms with van der Waals surface area (Å²) in [5, 5.41) is 6.45. The largest absolute Gasteiger partial charge is 0.442 e. The van der Waals surface area contributed by atoms with E-state index in [1.165, 1.54) is 18.0 Å². The van der Waals surface area contributed by atoms with Crippen LogP contribution in [0.1, 0.15) is 28.4 Å². The lowest BCUT2D eigenvalue weighted by atomic mass is 9.94. The highest BCUT2D eigenvalue weighted by atomic mass is 16.6. The SMILES string of the molecule is C=C(/C=N/NC)C(=O)c1c(C)cc(N2CC(CNC(C)=O)OC2=O)cc1C. The van der Waals surface area contributed by atoms with E-state index in [4.69, 9.17) is 4.74 Å². The van der Waals surface area contributed by atoms with Crippen molar-refractivity contribution < 1.29 is 19.1 Å². The number of cyclic esters (lactones) is 1. The molecule has 0 saturated carbocycles. The van der Waals surface area contributed by atoms with E-state index in [2.05, 4.69) is 22.4 Å². The van der Waals surface area contributed by atoms with Gasteiger partial charge in [-0.1, -0.05) is 6.58 Å². The first kappa shape index (κ1) is 20.2. The van der Waals surface area contributed by atoms with E-state index in [0.717, 1.165) is 11.1 Å². The summed E-state index contributed by atoms with van der Waals surface area (Å²) in [7, 11) is 1.63. The first-order chi connectivity index (χ1) is 12.7. The van der Waals surface area contributed by atoms with Crippen LogP contribution in [0.15, 0.2) is 29.4 Å². The highest BCUT2D eigenvalue weighted by molar-refractivity contribution is 6.22. The Morgan fingerprint density at radius 2 is 2.00 bits per heavy atom. The topological polar surface area (TPSA) is 100 Å². The summed E-state index contributed by atoms with van der Waals surface area (Å²) in [6, 6.07) is 3.54. The molecule has 0 radical (unpaired) electrons. The molecule has 2 amide bonds. The van der Waals surface area contributed by atoms with E-state index in [0.29, 0.717) is 17.8 Å². The molecule has 144 valence electrons. The van der Waals surface area contributed by atoms with Crippen LogP contribution in [0.4, 0.5) is 10.5 Å². The molecule has 0 bridgehead atoms. The first-order valence-electron chi connectivity index (χ1n) is 8.51. The molecule has 0 aromatic heterocycles. The number of carbonyl (C=O) groups is 3. The lowest BCUT2D eigenvalue weighted by molar-refractivity contribution is -0.119. The second kappa shape index (κ2) is 8.48. The van der Waals surface area contributed by atoms with Crippen LogP contribution in [0.3, 0.4) is 0 Å². The monoisotopic (exact) mass is 372 g/mol. The zero-order valence-electron chi connectivity index (χ0n) is 16.0. The van der Waals surface area contributed by atoms with Crippen LogP contribution < -0.4 is 15.6 Å². The molecule has 1 atom stereocenters. The minimum absolute atomic E-state index is 0.180. The Bertz CT molecular complexity index is 793. The number of rotatable bonds is 7. The minimum atomic E-state index is -0.478. The highest BCUT2D eigenvalue weighted by Crippen LogP contribution is 2.28. The number of ether oxygens (including phenoxy) is 1. The molecular weight excluding hydrogens is 348 g/mol. The van der Waals surface area contributed by atoms with E-state index in [-0.39, 0.29) is 23.8 Å². The number of amides is 2. The van der Waals surface area contributed by atoms with Crippen LogP contribution in [0.5, 0.6) is 0 Å². The Labute approximate surface area is 158 Å². The number of aryl methyl sites for hydroxylation is 2. The van der Waals surface area contributed by atoms with Gasteiger partial charge in [0.15, 0.2) is 5.78 Å². The molecule has 8 heteroatoms. The van der Waals surface area contributed by atoms with Crippen molar-refractivity contribution in [3.63, 3.8) is 0 Å². The number of allylic oxidation sites excluding steroid dienone is 1. The lowest BCUT2D eigenvalue weighted by Crippen LogP contribution is -2.33. The highest BCUT2D eigenvalue weighted by Gasteiger charge is 2.33. The van der Waals surface area contributed by atoms with Crippen molar-refractivity contribution in [1.82, 2.24) is 10.7 Å². The van der Waals surface area contributed by atoms with E-state index in [1.54, 1.807) is 19.2 Å². The van der Waals surface area contributed by atoms with Crippen LogP contribution in [0.2, 0.25) is 0 Å². The lowest BCUT2D eigenvalue weighted by Gasteiger charge is -2.17. The van der Waals surface area contributed by atoms with Crippen molar-refractivity contribution in [2.75, 3.05) is 25.0 Å². The van der Waals surface area contributed by atoms with Crippen LogP contribution in [-0.2, 0) is 9.53 Å². The molecule has 8 nitrogen and oxygen atoms in total. The fraction of sp³-hybridized carbons (Fsp3) is 0.368. The number of nitrogens with one attached hydrogen (secondary N) is 2. The van der Waals surface area contributed by atoms with E-state index < -0.39 is 12.2 Å². The third kappa shape index (κ3) is 4.72. The average molecular weight is 372 g/mol. The van der Waals surface area contributed by atoms with Gasteiger partial charge in [-0.15, -0.1) is 0 Å². The molecule has 1 aromatic carbocycles. The third-order valence-corrected chi connectivity index (χ3v) is 4.15. The van der Waals surface area contributed by atoms with Crippen molar-refractivity contribution in [3.05, 3.63) is 41.0 Å². The molecule has 0 aliphatic carbocycles. The zero-order valence-corrected chi connectivity index (χ0v) is 16.0. The number of ketones is 1. The van der Waals surface area contributed by atoms with Gasteiger partial charge in [-0.05, 0) is 37.1 Å². The number of hydrogen-bond donors (Lipinski definition) is 2. The van der Waals surface area contributed by atoms with Gasteiger partial charge in [-0.25, -0.2) is 4.79 Å². The standard InChI is InChI=1S/C19H24N4O4/c1-11-6-15(23-10-16(27-19(23)26)9-21-14(4)24)7-12(2)17(11)18(25)13(3)8-22-20-5/h6-8,16,20H,3,9-10H2,1-2,4-5H3,(H,21,24)/b22-8+. The fourth-order valence-electron chi connectivity index (χ4n) is 2.91. The van der Waals surface area contributed by atoms with Gasteiger partial charge in [0.05, 0.1) is 19.3 Å². The number of carbonyl (C=O) groups excluding carboxylic acids is 3. The van der Waals surface area contributed by atoms with Gasteiger partial charge in [-0.3, -0.25) is 14.5 Å². The van der Waals surface area contributed by atoms with Gasteiger partial charge in [0.2, 0.25) is 5.91 Å². The number of Topliss-reactive ketones (excluding diaryl/α,β-unsaturated/α-hetero) is 1. The first-order valence-corrected chi connectivity index (χ1v) is 8.51. The summed E-state index contributed by atoms with van der Waals surface area (Å²) < 4.78 is 5.29. The molecule has 1 heterocycles. The van der Waals surface area contributed by atoms with Gasteiger partial charge in [0.25, 0.3) is 0 Å². The van der Waals surface area contributed by atoms with E-state index in [9.17, 15) is 14.4 Å². The number of nitrogens with zero attached hydrogens (tertiary/aromatic N) is 2. The molecule has 1 fully saturated rings. The maximum absolute atomic E-state index is 12.6. The van der Waals surface area contributed by atoms with Crippen molar-refractivity contribution in [2.45, 2.75) is 26.9 Å². The Kier molecular flexibility index (Phi) is 6.33. The predicted octanol–water partition coefficient (Wildman–Crippen LogP) is 1.71. The number of hydrogen-bond acceptors (Lipinski definition) is 6. The van der Waals surface area contributed by atoms with Crippen molar-refractivity contribution in [1.29, 1.82) is 0 Å². The van der Waals surface area contributed by atoms with Crippen LogP contribution in [0, 0.1) is 13.8 Å². The van der Waals surface area contributed by atoms with Crippen molar-refractivity contribution in [3.8, 4) is 0 Å². The Balaban J connectivity index is 2.22. The second-order valence-corrected chi connectivity index (χ2v) is 6.34. The summed E-state index contributed by atoms with van der Waals surface area (Å²) in [5.74, 6) is -0.399. The maximum atomic E-state index is 12.6. The number of anilines is 1. The molecule has 27 heavy (non-hydrogen) atoms. The summed E-state index contributed by atoms with van der Waals surface area (Å²) in [6.45, 7) is 9.36. The number of benzene rings is 1. The molecule has 1 aliphatic rings. The fourth-order valence-corrected chi connectivity index (χ4v) is 2.91. The van der Waals surface area contributed by atoms with E-state index in [1.807, 2.05) is 13.8 Å². The van der Waals surface area contributed by atoms with Gasteiger partial charge >= 0.3 is 6.09 Å². The summed E-state index contributed by atoms with van der Waals surface area (Å²) in [4.78, 5) is 37.3. The molecule has 0 spiro atoms. The molecule has 1 aromatic rings. The molecule has 1 unspecified atom stereocenters. The minimum Gasteiger partial charge on any atom is -0.442 e. The smallest absolute Gasteiger partial charge is 0.414 e. The zero-order chi connectivity index (χ0) is 20.1. The van der Waals surface area contributed by atoms with Gasteiger partial charge in [0, 0.05) is 30.8 Å². The van der Waals surface area contributed by atoms with Crippen LogP contribution in [-0.4, -0.2) is 50.2 Å². The second-order valence-electron chi connectivity index (χ2n) is 6.34. The summed E-state index contributed by atoms with van der Waals surface area (Å²) in [6.07, 6.45) is 0.481. The Hall–Kier alpha value is -3.16. The normalized spacial score (nSPS) is 16.4. The third-order valence-electron chi connectivity index (χ3n) is 4.15. The number of hydrazone groups is 1. The average Bonchev–Trinajstić information content (AvgIpc) is 2.97. The maximum Gasteiger partial charge on any atom is 0.414 e. The summed E-state index contributed by atoms with van der Waals surface area (Å²) in [5.41, 5.74) is 5.48.